The number of hydrogen-bond acceptors (Lipinski definition) is 18. The van der Waals surface area contributed by atoms with E-state index in [2.05, 4.69) is 79.9 Å². The van der Waals surface area contributed by atoms with E-state index in [1.807, 2.05) is 6.08 Å². The topological polar surface area (TPSA) is 307 Å². The zero-order valence-electron chi connectivity index (χ0n) is 51.6. The van der Waals surface area contributed by atoms with Gasteiger partial charge in [0.15, 0.2) is 18.9 Å². The second-order valence-corrected chi connectivity index (χ2v) is 23.2. The Morgan fingerprint density at radius 2 is 0.824 bits per heavy atom. The Bertz CT molecular complexity index is 1830. The quantitative estimate of drug-likeness (QED) is 0.0209. The summed E-state index contributed by atoms with van der Waals surface area (Å²) in [7, 11) is 0. The van der Waals surface area contributed by atoms with Gasteiger partial charge in [-0.1, -0.05) is 202 Å². The molecule has 492 valence electrons. The summed E-state index contributed by atoms with van der Waals surface area (Å²) in [5.74, 6) is -0.311. The van der Waals surface area contributed by atoms with Crippen LogP contribution in [-0.4, -0.2) is 193 Å². The van der Waals surface area contributed by atoms with Crippen LogP contribution in [0.3, 0.4) is 0 Å². The van der Waals surface area contributed by atoms with Crippen molar-refractivity contribution in [1.29, 1.82) is 0 Å². The van der Waals surface area contributed by atoms with Crippen molar-refractivity contribution in [3.05, 3.63) is 72.9 Å². The first-order valence-corrected chi connectivity index (χ1v) is 32.7. The minimum Gasteiger partial charge on any atom is -0.394 e. The van der Waals surface area contributed by atoms with Crippen molar-refractivity contribution in [3.63, 3.8) is 0 Å². The zero-order chi connectivity index (χ0) is 61.9. The Morgan fingerprint density at radius 3 is 1.32 bits per heavy atom. The van der Waals surface area contributed by atoms with Gasteiger partial charge in [-0.05, 0) is 70.6 Å². The Kier molecular flexibility index (Phi) is 43.3. The molecule has 3 aliphatic heterocycles. The third-order valence-electron chi connectivity index (χ3n) is 16.0. The maximum Gasteiger partial charge on any atom is 0.220 e. The molecule has 19 heteroatoms. The van der Waals surface area contributed by atoms with Gasteiger partial charge in [0.1, 0.15) is 73.2 Å². The molecule has 3 heterocycles. The molecule has 3 fully saturated rings. The van der Waals surface area contributed by atoms with Gasteiger partial charge >= 0.3 is 0 Å². The number of aliphatic hydroxyl groups is 11. The van der Waals surface area contributed by atoms with Crippen LogP contribution >= 0.6 is 0 Å². The minimum absolute atomic E-state index is 0.204. The van der Waals surface area contributed by atoms with Gasteiger partial charge in [-0.3, -0.25) is 4.79 Å². The molecule has 0 radical (unpaired) electrons. The van der Waals surface area contributed by atoms with Crippen molar-refractivity contribution in [2.45, 2.75) is 311 Å². The highest BCUT2D eigenvalue weighted by Gasteiger charge is 2.53. The summed E-state index contributed by atoms with van der Waals surface area (Å²) in [6.07, 6.45) is 31.7. The second kappa shape index (κ2) is 48.1. The molecule has 12 N–H and O–H groups in total. The van der Waals surface area contributed by atoms with E-state index in [1.165, 1.54) is 103 Å². The summed E-state index contributed by atoms with van der Waals surface area (Å²) in [6, 6.07) is -1.01. The van der Waals surface area contributed by atoms with Crippen LogP contribution < -0.4 is 5.32 Å². The largest absolute Gasteiger partial charge is 0.394 e. The van der Waals surface area contributed by atoms with E-state index in [0.717, 1.165) is 70.6 Å². The van der Waals surface area contributed by atoms with Crippen molar-refractivity contribution in [3.8, 4) is 0 Å². The molecule has 0 aromatic heterocycles. The lowest BCUT2D eigenvalue weighted by molar-refractivity contribution is -0.379. The molecule has 19 nitrogen and oxygen atoms in total. The molecule has 17 unspecified atom stereocenters. The van der Waals surface area contributed by atoms with E-state index in [4.69, 9.17) is 28.4 Å². The average molecular weight is 1210 g/mol. The Balaban J connectivity index is 1.49. The number of allylic oxidation sites excluding steroid dienone is 11. The fraction of sp³-hybridized carbons (Fsp3) is 0.803. The van der Waals surface area contributed by atoms with Crippen LogP contribution in [0.2, 0.25) is 0 Å². The molecule has 17 atom stereocenters. The summed E-state index contributed by atoms with van der Waals surface area (Å²) in [4.78, 5) is 13.3. The number of aliphatic hydroxyl groups excluding tert-OH is 11. The molecule has 3 saturated heterocycles. The SMILES string of the molecule is CC/C=C\C/C=C\C/C=C\C/C=C\CCCCCCC(=O)NC(COC1OC(CO)C(OC2OC(CO)C(OC3OC(CO)C(O)C(O)C3O)C(O)C2O)C(O)C1O)C(O)/C=C/CC/C=C/CCCCCCCCCCCCCCCCCCC. The number of carbonyl (C=O) groups is 1. The van der Waals surface area contributed by atoms with Gasteiger partial charge in [0.05, 0.1) is 38.6 Å². The number of hydrogen-bond donors (Lipinski definition) is 12. The number of nitrogens with one attached hydrogen (secondary N) is 1. The average Bonchev–Trinajstić information content (AvgIpc) is 3.10. The van der Waals surface area contributed by atoms with Crippen molar-refractivity contribution in [2.24, 2.45) is 0 Å². The summed E-state index contributed by atoms with van der Waals surface area (Å²) in [6.45, 7) is 1.57. The molecule has 0 bridgehead atoms. The number of amides is 1. The Morgan fingerprint density at radius 1 is 0.435 bits per heavy atom. The first-order chi connectivity index (χ1) is 41.3. The minimum atomic E-state index is -1.99. The standard InChI is InChI=1S/C66H115NO18/c1-3-5-7-9-11-13-15-17-19-21-22-23-24-25-26-28-29-31-33-35-37-39-41-43-50(71)49(67-54(72)44-42-40-38-36-34-32-30-27-20-18-16-14-12-10-8-6-4-2)48-80-64-60(78)57(75)62(52(46-69)82-64)85-66-61(79)58(76)63(53(47-70)83-66)84-65-59(77)56(74)55(73)51(45-68)81-65/h6,8,12,14,18,20,30,32-33,35,41,43,49-53,55-66,68-71,73-79H,3-5,7,9-11,13,15-17,19,21-29,31,34,36-40,42,44-48H2,1-2H3,(H,67,72)/b8-6-,14-12-,20-18-,32-30-,35-33+,43-41+. The fourth-order valence-electron chi connectivity index (χ4n) is 10.7. The Hall–Kier alpha value is -2.77. The van der Waals surface area contributed by atoms with Crippen molar-refractivity contribution in [1.82, 2.24) is 5.32 Å². The van der Waals surface area contributed by atoms with E-state index < -0.39 is 124 Å². The number of carbonyl (C=O) groups excluding carboxylic acids is 1. The predicted octanol–water partition coefficient (Wildman–Crippen LogP) is 7.38. The fourth-order valence-corrected chi connectivity index (χ4v) is 10.7. The summed E-state index contributed by atoms with van der Waals surface area (Å²) < 4.78 is 34.3. The molecule has 3 aliphatic rings. The Labute approximate surface area is 508 Å². The monoisotopic (exact) mass is 1210 g/mol. The molecule has 0 aromatic rings. The van der Waals surface area contributed by atoms with Crippen LogP contribution in [0, 0.1) is 0 Å². The molecular weight excluding hydrogens is 1090 g/mol. The molecule has 1 amide bonds. The molecule has 0 aromatic carbocycles. The highest BCUT2D eigenvalue weighted by atomic mass is 16.8. The summed E-state index contributed by atoms with van der Waals surface area (Å²) in [5, 5.41) is 120. The molecule has 0 spiro atoms. The van der Waals surface area contributed by atoms with Crippen LogP contribution in [0.5, 0.6) is 0 Å². The molecule has 85 heavy (non-hydrogen) atoms. The smallest absolute Gasteiger partial charge is 0.220 e. The van der Waals surface area contributed by atoms with E-state index >= 15 is 0 Å². The van der Waals surface area contributed by atoms with Gasteiger partial charge in [-0.2, -0.15) is 0 Å². The lowest BCUT2D eigenvalue weighted by atomic mass is 9.96. The van der Waals surface area contributed by atoms with E-state index in [9.17, 15) is 61.0 Å². The number of rotatable bonds is 48. The van der Waals surface area contributed by atoms with Crippen LogP contribution in [-0.2, 0) is 33.2 Å². The summed E-state index contributed by atoms with van der Waals surface area (Å²) >= 11 is 0. The van der Waals surface area contributed by atoms with E-state index in [0.29, 0.717) is 12.8 Å². The molecular formula is C66H115NO18. The second-order valence-electron chi connectivity index (χ2n) is 23.2. The lowest BCUT2D eigenvalue weighted by Gasteiger charge is -2.48. The first kappa shape index (κ1) is 76.5. The maximum atomic E-state index is 13.3. The van der Waals surface area contributed by atoms with Crippen LogP contribution in [0.15, 0.2) is 72.9 Å². The van der Waals surface area contributed by atoms with Gasteiger partial charge in [0, 0.05) is 6.42 Å². The highest BCUT2D eigenvalue weighted by Crippen LogP contribution is 2.33. The van der Waals surface area contributed by atoms with Gasteiger partial charge in [0.25, 0.3) is 0 Å². The van der Waals surface area contributed by atoms with Crippen LogP contribution in [0.25, 0.3) is 0 Å². The van der Waals surface area contributed by atoms with E-state index in [1.54, 1.807) is 6.08 Å². The highest BCUT2D eigenvalue weighted by molar-refractivity contribution is 5.76. The third-order valence-corrected chi connectivity index (χ3v) is 16.0. The van der Waals surface area contributed by atoms with Crippen molar-refractivity contribution >= 4 is 5.91 Å². The zero-order valence-corrected chi connectivity index (χ0v) is 51.6. The van der Waals surface area contributed by atoms with E-state index in [-0.39, 0.29) is 18.9 Å². The maximum absolute atomic E-state index is 13.3. The third kappa shape index (κ3) is 31.0. The predicted molar refractivity (Wildman–Crippen MR) is 328 cm³/mol. The molecule has 0 aliphatic carbocycles. The van der Waals surface area contributed by atoms with Crippen molar-refractivity contribution in [2.75, 3.05) is 26.4 Å². The van der Waals surface area contributed by atoms with Gasteiger partial charge in [-0.25, -0.2) is 0 Å². The normalized spacial score (nSPS) is 29.4. The molecule has 3 rings (SSSR count). The summed E-state index contributed by atoms with van der Waals surface area (Å²) in [5.41, 5.74) is 0. The van der Waals surface area contributed by atoms with Gasteiger partial charge in [-0.15, -0.1) is 0 Å². The van der Waals surface area contributed by atoms with Crippen LogP contribution in [0.1, 0.15) is 206 Å². The van der Waals surface area contributed by atoms with Gasteiger partial charge in [0.2, 0.25) is 5.91 Å². The number of unbranched alkanes of at least 4 members (excludes halogenated alkanes) is 22. The number of ether oxygens (including phenoxy) is 6. The van der Waals surface area contributed by atoms with Gasteiger partial charge < -0.3 is 89.9 Å². The first-order valence-electron chi connectivity index (χ1n) is 32.7. The van der Waals surface area contributed by atoms with Crippen molar-refractivity contribution < 1.29 is 89.4 Å². The lowest BCUT2D eigenvalue weighted by Crippen LogP contribution is -2.66. The van der Waals surface area contributed by atoms with Crippen LogP contribution in [0.4, 0.5) is 0 Å². The molecule has 0 saturated carbocycles.